The first kappa shape index (κ1) is 23.0. The summed E-state index contributed by atoms with van der Waals surface area (Å²) in [5.41, 5.74) is -0.267. The summed E-state index contributed by atoms with van der Waals surface area (Å²) in [5.74, 6) is -1.03. The van der Waals surface area contributed by atoms with Crippen molar-refractivity contribution >= 4 is 17.3 Å². The van der Waals surface area contributed by atoms with Gasteiger partial charge >= 0.3 is 5.69 Å². The summed E-state index contributed by atoms with van der Waals surface area (Å²) in [6.45, 7) is 0.771. The average Bonchev–Trinajstić information content (AvgIpc) is 3.09. The molecule has 174 valence electrons. The van der Waals surface area contributed by atoms with Crippen LogP contribution in [0.15, 0.2) is 46.1 Å². The molecule has 4 rings (SSSR count). The molecule has 10 nitrogen and oxygen atoms in total. The van der Waals surface area contributed by atoms with Crippen molar-refractivity contribution in [1.29, 1.82) is 0 Å². The number of rotatable bonds is 6. The zero-order valence-corrected chi connectivity index (χ0v) is 18.3. The van der Waals surface area contributed by atoms with E-state index in [0.29, 0.717) is 31.0 Å². The number of H-pyrrole nitrogens is 1. The number of aliphatic hydroxyl groups excluding tert-OH is 2. The highest BCUT2D eigenvalue weighted by atomic mass is 35.5. The van der Waals surface area contributed by atoms with Crippen molar-refractivity contribution < 1.29 is 24.4 Å². The quantitative estimate of drug-likeness (QED) is 0.523. The molecule has 32 heavy (non-hydrogen) atoms. The summed E-state index contributed by atoms with van der Waals surface area (Å²) >= 11 is 6.11. The summed E-state index contributed by atoms with van der Waals surface area (Å²) in [6, 6.07) is 8.75. The van der Waals surface area contributed by atoms with Crippen LogP contribution in [-0.4, -0.2) is 70.7 Å². The van der Waals surface area contributed by atoms with Crippen LogP contribution in [0.25, 0.3) is 0 Å². The molecule has 1 aromatic heterocycles. The summed E-state index contributed by atoms with van der Waals surface area (Å²) in [5, 5.41) is 21.0. The number of hydrogen-bond donors (Lipinski definition) is 3. The lowest BCUT2D eigenvalue weighted by Gasteiger charge is -2.43. The fourth-order valence-corrected chi connectivity index (χ4v) is 4.43. The maximum atomic E-state index is 12.3. The highest BCUT2D eigenvalue weighted by Crippen LogP contribution is 2.38. The Hall–Kier alpha value is -2.21. The van der Waals surface area contributed by atoms with Gasteiger partial charge < -0.3 is 29.3 Å². The first-order valence-electron chi connectivity index (χ1n) is 10.4. The second kappa shape index (κ2) is 9.34. The van der Waals surface area contributed by atoms with Crippen LogP contribution < -0.4 is 16.1 Å². The maximum absolute atomic E-state index is 12.3. The molecular formula is C21H26ClN3O7. The number of nitrogens with zero attached hydrogens (tertiary/aromatic N) is 2. The van der Waals surface area contributed by atoms with E-state index >= 15 is 0 Å². The van der Waals surface area contributed by atoms with E-state index in [1.165, 1.54) is 19.4 Å². The number of aromatic nitrogens is 2. The molecule has 0 bridgehead atoms. The van der Waals surface area contributed by atoms with Crippen molar-refractivity contribution in [2.45, 2.75) is 43.2 Å². The molecule has 0 spiro atoms. The van der Waals surface area contributed by atoms with E-state index in [1.807, 2.05) is 24.3 Å². The van der Waals surface area contributed by atoms with Crippen LogP contribution in [0.4, 0.5) is 5.69 Å². The minimum atomic E-state index is -1.21. The van der Waals surface area contributed by atoms with Gasteiger partial charge in [0.2, 0.25) is 0 Å². The number of halogens is 1. The second-order valence-electron chi connectivity index (χ2n) is 7.92. The van der Waals surface area contributed by atoms with Crippen molar-refractivity contribution in [2.24, 2.45) is 0 Å². The predicted octanol–water partition coefficient (Wildman–Crippen LogP) is 0.469. The van der Waals surface area contributed by atoms with Crippen molar-refractivity contribution in [3.05, 3.63) is 62.4 Å². The normalized spacial score (nSPS) is 27.6. The third-order valence-corrected chi connectivity index (χ3v) is 6.27. The largest absolute Gasteiger partial charge is 0.394 e. The van der Waals surface area contributed by atoms with Crippen LogP contribution in [0.3, 0.4) is 0 Å². The van der Waals surface area contributed by atoms with E-state index in [9.17, 15) is 19.8 Å². The van der Waals surface area contributed by atoms with Crippen LogP contribution in [-0.2, 0) is 14.2 Å². The molecule has 2 fully saturated rings. The van der Waals surface area contributed by atoms with E-state index in [0.717, 1.165) is 10.3 Å². The lowest BCUT2D eigenvalue weighted by Crippen LogP contribution is -2.52. The average molecular weight is 468 g/mol. The van der Waals surface area contributed by atoms with Gasteiger partial charge in [-0.15, -0.1) is 0 Å². The lowest BCUT2D eigenvalue weighted by molar-refractivity contribution is -0.276. The van der Waals surface area contributed by atoms with E-state index in [-0.39, 0.29) is 0 Å². The Kier molecular flexibility index (Phi) is 6.70. The summed E-state index contributed by atoms with van der Waals surface area (Å²) < 4.78 is 18.9. The van der Waals surface area contributed by atoms with Crippen molar-refractivity contribution in [2.75, 3.05) is 31.7 Å². The Morgan fingerprint density at radius 2 is 2.03 bits per heavy atom. The van der Waals surface area contributed by atoms with Gasteiger partial charge in [0.1, 0.15) is 18.3 Å². The van der Waals surface area contributed by atoms with E-state index in [2.05, 4.69) is 9.88 Å². The molecule has 4 atom stereocenters. The number of ether oxygens (including phenoxy) is 3. The van der Waals surface area contributed by atoms with Gasteiger partial charge in [-0.2, -0.15) is 0 Å². The smallest absolute Gasteiger partial charge is 0.330 e. The number of anilines is 1. The number of hydrogen-bond acceptors (Lipinski definition) is 8. The molecule has 2 aromatic rings. The van der Waals surface area contributed by atoms with Crippen LogP contribution >= 0.6 is 11.6 Å². The van der Waals surface area contributed by atoms with E-state index in [4.69, 9.17) is 25.8 Å². The number of aromatic amines is 1. The third kappa shape index (κ3) is 4.47. The number of aliphatic hydroxyl groups is 2. The Bertz CT molecular complexity index is 1050. The topological polar surface area (TPSA) is 126 Å². The molecule has 2 aliphatic rings. The van der Waals surface area contributed by atoms with Crippen LogP contribution in [0.2, 0.25) is 5.02 Å². The SMILES string of the molecule is COC1(O[C@@H]2[C@H](O)[C@@H](CO)O[C@H]2n2ccc(=O)[nH]c2=O)CCN(c2cccc(Cl)c2)CC1. The first-order chi connectivity index (χ1) is 15.4. The number of methoxy groups -OCH3 is 1. The van der Waals surface area contributed by atoms with Gasteiger partial charge in [0.05, 0.1) is 6.61 Å². The van der Waals surface area contributed by atoms with Crippen LogP contribution in [0.1, 0.15) is 19.1 Å². The molecule has 0 radical (unpaired) electrons. The Balaban J connectivity index is 1.55. The fraction of sp³-hybridized carbons (Fsp3) is 0.524. The number of nitrogens with one attached hydrogen (secondary N) is 1. The van der Waals surface area contributed by atoms with Gasteiger partial charge in [-0.3, -0.25) is 14.3 Å². The van der Waals surface area contributed by atoms with Crippen LogP contribution in [0, 0.1) is 0 Å². The molecule has 0 aliphatic carbocycles. The van der Waals surface area contributed by atoms with Gasteiger partial charge in [0.25, 0.3) is 5.56 Å². The van der Waals surface area contributed by atoms with E-state index < -0.39 is 48.2 Å². The molecule has 0 amide bonds. The minimum Gasteiger partial charge on any atom is -0.394 e. The number of piperidine rings is 1. The highest BCUT2D eigenvalue weighted by molar-refractivity contribution is 6.30. The summed E-state index contributed by atoms with van der Waals surface area (Å²) in [7, 11) is 1.53. The number of benzene rings is 1. The highest BCUT2D eigenvalue weighted by Gasteiger charge is 2.50. The first-order valence-corrected chi connectivity index (χ1v) is 10.7. The summed E-state index contributed by atoms with van der Waals surface area (Å²) in [6.07, 6.45) is -1.98. The molecular weight excluding hydrogens is 442 g/mol. The Morgan fingerprint density at radius 3 is 2.66 bits per heavy atom. The predicted molar refractivity (Wildman–Crippen MR) is 116 cm³/mol. The Labute approximate surface area is 188 Å². The zero-order valence-electron chi connectivity index (χ0n) is 17.5. The minimum absolute atomic E-state index is 0.460. The third-order valence-electron chi connectivity index (χ3n) is 6.04. The Morgan fingerprint density at radius 1 is 1.28 bits per heavy atom. The van der Waals surface area contributed by atoms with Gasteiger partial charge in [-0.25, -0.2) is 4.79 Å². The van der Waals surface area contributed by atoms with Gasteiger partial charge in [-0.05, 0) is 18.2 Å². The molecule has 0 saturated carbocycles. The summed E-state index contributed by atoms with van der Waals surface area (Å²) in [4.78, 5) is 28.1. The van der Waals surface area contributed by atoms with E-state index in [1.54, 1.807) is 0 Å². The second-order valence-corrected chi connectivity index (χ2v) is 8.36. The van der Waals surface area contributed by atoms with Gasteiger partial charge in [0, 0.05) is 56.0 Å². The zero-order chi connectivity index (χ0) is 22.9. The molecule has 11 heteroatoms. The lowest BCUT2D eigenvalue weighted by atomic mass is 10.0. The molecule has 3 N–H and O–H groups in total. The maximum Gasteiger partial charge on any atom is 0.330 e. The molecule has 2 aliphatic heterocycles. The van der Waals surface area contributed by atoms with Crippen molar-refractivity contribution in [3.8, 4) is 0 Å². The monoisotopic (exact) mass is 467 g/mol. The van der Waals surface area contributed by atoms with Crippen molar-refractivity contribution in [1.82, 2.24) is 9.55 Å². The molecule has 2 saturated heterocycles. The molecule has 3 heterocycles. The molecule has 0 unspecified atom stereocenters. The fourth-order valence-electron chi connectivity index (χ4n) is 4.24. The molecule has 1 aromatic carbocycles. The van der Waals surface area contributed by atoms with Gasteiger partial charge in [-0.1, -0.05) is 17.7 Å². The van der Waals surface area contributed by atoms with Crippen molar-refractivity contribution in [3.63, 3.8) is 0 Å². The van der Waals surface area contributed by atoms with Gasteiger partial charge in [0.15, 0.2) is 12.0 Å². The standard InChI is InChI=1S/C21H26ClN3O7/c1-30-21(6-9-24(10-7-21)14-4-2-3-13(22)11-14)32-18-17(28)15(12-26)31-19(18)25-8-5-16(27)23-20(25)29/h2-5,8,11,15,17-19,26,28H,6-7,9-10,12H2,1H3,(H,23,27,29)/t15-,17-,18-,19-/m1/s1. The van der Waals surface area contributed by atoms with Crippen LogP contribution in [0.5, 0.6) is 0 Å².